The summed E-state index contributed by atoms with van der Waals surface area (Å²) in [5.74, 6) is 1.42. The molecule has 0 aliphatic heterocycles. The van der Waals surface area contributed by atoms with Gasteiger partial charge in [-0.15, -0.1) is 0 Å². The summed E-state index contributed by atoms with van der Waals surface area (Å²) in [4.78, 5) is 0. The second-order valence-corrected chi connectivity index (χ2v) is 4.57. The lowest BCUT2D eigenvalue weighted by atomic mass is 10.1. The molecule has 2 heterocycles. The molecule has 1 aromatic carbocycles. The van der Waals surface area contributed by atoms with Crippen LogP contribution in [0.15, 0.2) is 58.2 Å². The first kappa shape index (κ1) is 12.6. The molecule has 100 valence electrons. The van der Waals surface area contributed by atoms with Crippen molar-refractivity contribution in [3.05, 3.63) is 70.6 Å². The Morgan fingerprint density at radius 2 is 2.10 bits per heavy atom. The SMILES string of the molecule is S=c1[nH]nc(Cc2ccccc2)n1/N=C\c1ccco1. The zero-order valence-corrected chi connectivity index (χ0v) is 11.4. The number of hydrogen-bond donors (Lipinski definition) is 1. The number of benzene rings is 1. The van der Waals surface area contributed by atoms with Gasteiger partial charge in [0.2, 0.25) is 4.77 Å². The van der Waals surface area contributed by atoms with Gasteiger partial charge in [0.25, 0.3) is 0 Å². The van der Waals surface area contributed by atoms with E-state index in [1.807, 2.05) is 36.4 Å². The molecule has 6 heteroatoms. The van der Waals surface area contributed by atoms with Gasteiger partial charge in [-0.2, -0.15) is 14.9 Å². The number of rotatable bonds is 4. The highest BCUT2D eigenvalue weighted by Gasteiger charge is 2.06. The van der Waals surface area contributed by atoms with Crippen LogP contribution in [0.4, 0.5) is 0 Å². The molecule has 0 aliphatic carbocycles. The zero-order valence-electron chi connectivity index (χ0n) is 10.6. The first-order valence-corrected chi connectivity index (χ1v) is 6.52. The molecular weight excluding hydrogens is 272 g/mol. The molecule has 0 atom stereocenters. The Labute approximate surface area is 120 Å². The molecule has 0 saturated heterocycles. The fraction of sp³-hybridized carbons (Fsp3) is 0.0714. The maximum Gasteiger partial charge on any atom is 0.216 e. The van der Waals surface area contributed by atoms with E-state index in [9.17, 15) is 0 Å². The van der Waals surface area contributed by atoms with Gasteiger partial charge in [-0.05, 0) is 29.9 Å². The highest BCUT2D eigenvalue weighted by Crippen LogP contribution is 2.08. The van der Waals surface area contributed by atoms with Crippen LogP contribution in [-0.2, 0) is 6.42 Å². The molecule has 2 aromatic heterocycles. The van der Waals surface area contributed by atoms with Crippen LogP contribution in [0.1, 0.15) is 17.1 Å². The summed E-state index contributed by atoms with van der Waals surface area (Å²) >= 11 is 5.18. The number of aromatic nitrogens is 3. The standard InChI is InChI=1S/C14H12N4OS/c20-14-17-16-13(9-11-5-2-1-3-6-11)18(14)15-10-12-7-4-8-19-12/h1-8,10H,9H2,(H,17,20)/b15-10-. The second kappa shape index (κ2) is 5.66. The van der Waals surface area contributed by atoms with Crippen molar-refractivity contribution in [3.63, 3.8) is 0 Å². The number of H-pyrrole nitrogens is 1. The van der Waals surface area contributed by atoms with Crippen LogP contribution in [0, 0.1) is 4.77 Å². The van der Waals surface area contributed by atoms with Crippen LogP contribution >= 0.6 is 12.2 Å². The lowest BCUT2D eigenvalue weighted by molar-refractivity contribution is 0.559. The number of hydrogen-bond acceptors (Lipinski definition) is 4. The average molecular weight is 284 g/mol. The molecule has 0 unspecified atom stereocenters. The number of aromatic amines is 1. The van der Waals surface area contributed by atoms with Gasteiger partial charge in [0.05, 0.1) is 12.5 Å². The van der Waals surface area contributed by atoms with E-state index in [4.69, 9.17) is 16.6 Å². The Morgan fingerprint density at radius 3 is 2.85 bits per heavy atom. The highest BCUT2D eigenvalue weighted by atomic mass is 32.1. The monoisotopic (exact) mass is 284 g/mol. The lowest BCUT2D eigenvalue weighted by Gasteiger charge is -2.00. The van der Waals surface area contributed by atoms with E-state index >= 15 is 0 Å². The molecular formula is C14H12N4OS. The highest BCUT2D eigenvalue weighted by molar-refractivity contribution is 7.71. The Morgan fingerprint density at radius 1 is 1.25 bits per heavy atom. The maximum atomic E-state index is 5.20. The Balaban J connectivity index is 1.88. The fourth-order valence-corrected chi connectivity index (χ4v) is 2.01. The normalized spacial score (nSPS) is 11.2. The smallest absolute Gasteiger partial charge is 0.216 e. The molecule has 20 heavy (non-hydrogen) atoms. The van der Waals surface area contributed by atoms with Gasteiger partial charge in [-0.25, -0.2) is 0 Å². The first-order chi connectivity index (χ1) is 9.83. The summed E-state index contributed by atoms with van der Waals surface area (Å²) < 4.78 is 7.26. The predicted octanol–water partition coefficient (Wildman–Crippen LogP) is 3.01. The third kappa shape index (κ3) is 2.75. The van der Waals surface area contributed by atoms with Crippen LogP contribution in [0.5, 0.6) is 0 Å². The summed E-state index contributed by atoms with van der Waals surface area (Å²) in [5, 5.41) is 11.3. The molecule has 0 spiro atoms. The van der Waals surface area contributed by atoms with Crippen molar-refractivity contribution in [1.29, 1.82) is 0 Å². The van der Waals surface area contributed by atoms with E-state index in [2.05, 4.69) is 15.3 Å². The van der Waals surface area contributed by atoms with Gasteiger partial charge in [0.15, 0.2) is 5.82 Å². The largest absolute Gasteiger partial charge is 0.463 e. The Hall–Kier alpha value is -2.47. The van der Waals surface area contributed by atoms with Crippen molar-refractivity contribution in [1.82, 2.24) is 14.9 Å². The van der Waals surface area contributed by atoms with E-state index in [-0.39, 0.29) is 0 Å². The van der Waals surface area contributed by atoms with Crippen molar-refractivity contribution in [3.8, 4) is 0 Å². The third-order valence-corrected chi connectivity index (χ3v) is 3.03. The molecule has 0 saturated carbocycles. The summed E-state index contributed by atoms with van der Waals surface area (Å²) in [6, 6.07) is 13.7. The topological polar surface area (TPSA) is 59.1 Å². The van der Waals surface area contributed by atoms with Gasteiger partial charge in [0, 0.05) is 6.42 Å². The van der Waals surface area contributed by atoms with E-state index in [1.165, 1.54) is 0 Å². The fourth-order valence-electron chi connectivity index (χ4n) is 1.82. The molecule has 0 radical (unpaired) electrons. The second-order valence-electron chi connectivity index (χ2n) is 4.18. The zero-order chi connectivity index (χ0) is 13.8. The van der Waals surface area contributed by atoms with Crippen LogP contribution in [0.3, 0.4) is 0 Å². The average Bonchev–Trinajstić information content (AvgIpc) is 3.09. The minimum absolute atomic E-state index is 0.457. The molecule has 0 fully saturated rings. The molecule has 3 aromatic rings. The predicted molar refractivity (Wildman–Crippen MR) is 78.4 cm³/mol. The molecule has 1 N–H and O–H groups in total. The molecule has 0 amide bonds. The van der Waals surface area contributed by atoms with Crippen LogP contribution in [0.2, 0.25) is 0 Å². The minimum Gasteiger partial charge on any atom is -0.463 e. The Bertz CT molecular complexity index is 756. The van der Waals surface area contributed by atoms with Crippen molar-refractivity contribution < 1.29 is 4.42 Å². The summed E-state index contributed by atoms with van der Waals surface area (Å²) in [7, 11) is 0. The van der Waals surface area contributed by atoms with Crippen molar-refractivity contribution in [2.24, 2.45) is 5.10 Å². The minimum atomic E-state index is 0.457. The van der Waals surface area contributed by atoms with Crippen molar-refractivity contribution >= 4 is 18.4 Å². The quantitative estimate of drug-likeness (QED) is 0.592. The van der Waals surface area contributed by atoms with Crippen LogP contribution in [-0.4, -0.2) is 21.1 Å². The summed E-state index contributed by atoms with van der Waals surface area (Å²) in [6.07, 6.45) is 3.87. The number of nitrogens with one attached hydrogen (secondary N) is 1. The van der Waals surface area contributed by atoms with Crippen LogP contribution < -0.4 is 0 Å². The lowest BCUT2D eigenvalue weighted by Crippen LogP contribution is -2.00. The van der Waals surface area contributed by atoms with Crippen molar-refractivity contribution in [2.45, 2.75) is 6.42 Å². The summed E-state index contributed by atoms with van der Waals surface area (Å²) in [6.45, 7) is 0. The summed E-state index contributed by atoms with van der Waals surface area (Å²) in [5.41, 5.74) is 1.15. The van der Waals surface area contributed by atoms with Gasteiger partial charge < -0.3 is 4.42 Å². The van der Waals surface area contributed by atoms with Gasteiger partial charge in [0.1, 0.15) is 5.76 Å². The van der Waals surface area contributed by atoms with E-state index < -0.39 is 0 Å². The molecule has 0 aliphatic rings. The van der Waals surface area contributed by atoms with Crippen molar-refractivity contribution in [2.75, 3.05) is 0 Å². The van der Waals surface area contributed by atoms with E-state index in [1.54, 1.807) is 23.2 Å². The number of furan rings is 1. The molecule has 0 bridgehead atoms. The molecule has 5 nitrogen and oxygen atoms in total. The first-order valence-electron chi connectivity index (χ1n) is 6.11. The maximum absolute atomic E-state index is 5.20. The van der Waals surface area contributed by atoms with E-state index in [0.717, 1.165) is 11.4 Å². The van der Waals surface area contributed by atoms with Gasteiger partial charge in [-0.1, -0.05) is 30.3 Å². The Kier molecular flexibility index (Phi) is 3.56. The molecule has 3 rings (SSSR count). The third-order valence-electron chi connectivity index (χ3n) is 2.77. The van der Waals surface area contributed by atoms with Crippen LogP contribution in [0.25, 0.3) is 0 Å². The number of nitrogens with zero attached hydrogens (tertiary/aromatic N) is 3. The van der Waals surface area contributed by atoms with E-state index in [0.29, 0.717) is 17.0 Å². The van der Waals surface area contributed by atoms with Gasteiger partial charge >= 0.3 is 0 Å². The van der Waals surface area contributed by atoms with Gasteiger partial charge in [-0.3, -0.25) is 5.10 Å².